The van der Waals surface area contributed by atoms with Crippen LogP contribution in [0.1, 0.15) is 27.4 Å². The van der Waals surface area contributed by atoms with Gasteiger partial charge in [0.2, 0.25) is 5.16 Å². The van der Waals surface area contributed by atoms with E-state index in [4.69, 9.17) is 9.15 Å². The Bertz CT molecular complexity index is 872. The summed E-state index contributed by atoms with van der Waals surface area (Å²) in [7, 11) is 1.35. The Morgan fingerprint density at radius 2 is 2.12 bits per heavy atom. The van der Waals surface area contributed by atoms with Crippen LogP contribution in [0.4, 0.5) is 0 Å². The van der Waals surface area contributed by atoms with Crippen LogP contribution in [0.2, 0.25) is 0 Å². The number of para-hydroxylation sites is 1. The van der Waals surface area contributed by atoms with E-state index in [1.807, 2.05) is 31.2 Å². The average Bonchev–Trinajstić information content (AvgIpc) is 3.19. The maximum absolute atomic E-state index is 11.6. The van der Waals surface area contributed by atoms with Crippen molar-refractivity contribution in [2.45, 2.75) is 24.8 Å². The van der Waals surface area contributed by atoms with Gasteiger partial charge in [-0.2, -0.15) is 4.68 Å². The highest BCUT2D eigenvalue weighted by Gasteiger charge is 2.17. The maximum Gasteiger partial charge on any atom is 0.341 e. The molecule has 0 unspecified atom stereocenters. The van der Waals surface area contributed by atoms with Gasteiger partial charge in [-0.1, -0.05) is 30.0 Å². The van der Waals surface area contributed by atoms with Gasteiger partial charge in [-0.3, -0.25) is 0 Å². The Labute approximate surface area is 143 Å². The highest BCUT2D eigenvalue weighted by molar-refractivity contribution is 7.98. The van der Waals surface area contributed by atoms with Crippen molar-refractivity contribution in [3.63, 3.8) is 0 Å². The number of hydrogen-bond donors (Lipinski definition) is 0. The smallest absolute Gasteiger partial charge is 0.341 e. The molecular weight excluding hydrogens is 328 g/mol. The van der Waals surface area contributed by atoms with Crippen molar-refractivity contribution in [2.24, 2.45) is 0 Å². The van der Waals surface area contributed by atoms with Crippen LogP contribution in [0.3, 0.4) is 0 Å². The number of carbonyl (C=O) groups is 1. The molecule has 2 heterocycles. The van der Waals surface area contributed by atoms with Gasteiger partial charge in [-0.25, -0.2) is 4.79 Å². The first-order valence-corrected chi connectivity index (χ1v) is 8.23. The molecule has 0 saturated heterocycles. The van der Waals surface area contributed by atoms with Crippen molar-refractivity contribution >= 4 is 17.7 Å². The molecule has 0 aliphatic rings. The van der Waals surface area contributed by atoms with Crippen LogP contribution >= 0.6 is 11.8 Å². The monoisotopic (exact) mass is 344 g/mol. The van der Waals surface area contributed by atoms with E-state index in [-0.39, 0.29) is 0 Å². The van der Waals surface area contributed by atoms with E-state index in [0.29, 0.717) is 28.0 Å². The molecule has 0 spiro atoms. The highest BCUT2D eigenvalue weighted by atomic mass is 32.2. The minimum absolute atomic E-state index is 0.405. The third-order valence-corrected chi connectivity index (χ3v) is 4.44. The molecule has 0 saturated carbocycles. The zero-order valence-electron chi connectivity index (χ0n) is 13.5. The summed E-state index contributed by atoms with van der Waals surface area (Å²) >= 11 is 1.43. The van der Waals surface area contributed by atoms with Gasteiger partial charge >= 0.3 is 5.97 Å². The molecular formula is C16H16N4O3S. The van der Waals surface area contributed by atoms with Crippen LogP contribution in [0, 0.1) is 13.8 Å². The molecule has 0 bridgehead atoms. The van der Waals surface area contributed by atoms with E-state index in [1.54, 1.807) is 17.7 Å². The minimum atomic E-state index is -0.405. The zero-order valence-corrected chi connectivity index (χ0v) is 14.3. The molecule has 3 aromatic rings. The van der Waals surface area contributed by atoms with E-state index in [1.165, 1.54) is 18.9 Å². The van der Waals surface area contributed by atoms with Crippen molar-refractivity contribution in [1.29, 1.82) is 0 Å². The molecule has 1 aromatic carbocycles. The Balaban J connectivity index is 1.78. The maximum atomic E-state index is 11.6. The first-order valence-electron chi connectivity index (χ1n) is 7.25. The number of hydrogen-bond acceptors (Lipinski definition) is 7. The second-order valence-corrected chi connectivity index (χ2v) is 6.07. The number of rotatable bonds is 5. The fourth-order valence-electron chi connectivity index (χ4n) is 2.28. The standard InChI is InChI=1S/C16H16N4O3S/c1-10-6-4-5-7-14(10)20-16(17-18-19-20)24-9-12-8-13(11(2)23-12)15(21)22-3/h4-8H,9H2,1-3H3. The van der Waals surface area contributed by atoms with Gasteiger partial charge in [0.05, 0.1) is 18.6 Å². The predicted molar refractivity (Wildman–Crippen MR) is 88.2 cm³/mol. The van der Waals surface area contributed by atoms with Crippen molar-refractivity contribution in [1.82, 2.24) is 20.2 Å². The van der Waals surface area contributed by atoms with E-state index in [9.17, 15) is 4.79 Å². The number of furan rings is 1. The third kappa shape index (κ3) is 3.18. The fraction of sp³-hybridized carbons (Fsp3) is 0.250. The normalized spacial score (nSPS) is 10.8. The number of methoxy groups -OCH3 is 1. The molecule has 8 heteroatoms. The number of aromatic nitrogens is 4. The first-order chi connectivity index (χ1) is 11.6. The van der Waals surface area contributed by atoms with Crippen molar-refractivity contribution in [2.75, 3.05) is 7.11 Å². The molecule has 3 rings (SSSR count). The molecule has 2 aromatic heterocycles. The lowest BCUT2D eigenvalue weighted by Gasteiger charge is -2.06. The summed E-state index contributed by atoms with van der Waals surface area (Å²) in [5.74, 6) is 1.30. The average molecular weight is 344 g/mol. The number of ether oxygens (including phenoxy) is 1. The van der Waals surface area contributed by atoms with Crippen LogP contribution in [-0.4, -0.2) is 33.3 Å². The van der Waals surface area contributed by atoms with Crippen molar-refractivity contribution in [3.8, 4) is 5.69 Å². The number of benzene rings is 1. The molecule has 0 amide bonds. The number of nitrogens with zero attached hydrogens (tertiary/aromatic N) is 4. The molecule has 0 fully saturated rings. The van der Waals surface area contributed by atoms with Crippen molar-refractivity contribution in [3.05, 3.63) is 53.0 Å². The molecule has 0 atom stereocenters. The summed E-state index contributed by atoms with van der Waals surface area (Å²) in [6.07, 6.45) is 0. The van der Waals surface area contributed by atoms with Gasteiger partial charge < -0.3 is 9.15 Å². The molecule has 0 radical (unpaired) electrons. The molecule has 24 heavy (non-hydrogen) atoms. The minimum Gasteiger partial charge on any atom is -0.465 e. The number of esters is 1. The molecule has 7 nitrogen and oxygen atoms in total. The van der Waals surface area contributed by atoms with Gasteiger partial charge in [-0.05, 0) is 42.0 Å². The molecule has 124 valence electrons. The molecule has 0 aliphatic heterocycles. The van der Waals surface area contributed by atoms with E-state index in [2.05, 4.69) is 15.5 Å². The van der Waals surface area contributed by atoms with Gasteiger partial charge in [0, 0.05) is 0 Å². The highest BCUT2D eigenvalue weighted by Crippen LogP contribution is 2.26. The molecule has 0 N–H and O–H groups in total. The van der Waals surface area contributed by atoms with Gasteiger partial charge in [0.25, 0.3) is 0 Å². The summed E-state index contributed by atoms with van der Waals surface area (Å²) in [6, 6.07) is 9.56. The predicted octanol–water partition coefficient (Wildman–Crippen LogP) is 2.95. The van der Waals surface area contributed by atoms with Gasteiger partial charge in [-0.15, -0.1) is 5.10 Å². The Morgan fingerprint density at radius 3 is 2.88 bits per heavy atom. The Hall–Kier alpha value is -2.61. The Kier molecular flexibility index (Phi) is 4.66. The van der Waals surface area contributed by atoms with E-state index < -0.39 is 5.97 Å². The first kappa shape index (κ1) is 16.3. The van der Waals surface area contributed by atoms with Crippen LogP contribution < -0.4 is 0 Å². The largest absolute Gasteiger partial charge is 0.465 e. The van der Waals surface area contributed by atoms with Gasteiger partial charge in [0.1, 0.15) is 17.1 Å². The summed E-state index contributed by atoms with van der Waals surface area (Å²) in [5, 5.41) is 12.5. The number of tetrazole rings is 1. The Morgan fingerprint density at radius 1 is 1.33 bits per heavy atom. The summed E-state index contributed by atoms with van der Waals surface area (Å²) in [5.41, 5.74) is 2.44. The van der Waals surface area contributed by atoms with E-state index in [0.717, 1.165) is 11.3 Å². The lowest BCUT2D eigenvalue weighted by Crippen LogP contribution is -2.01. The summed E-state index contributed by atoms with van der Waals surface area (Å²) < 4.78 is 12.0. The lowest BCUT2D eigenvalue weighted by atomic mass is 10.2. The van der Waals surface area contributed by atoms with Crippen molar-refractivity contribution < 1.29 is 13.9 Å². The number of aryl methyl sites for hydroxylation is 2. The fourth-order valence-corrected chi connectivity index (χ4v) is 3.05. The number of thioether (sulfide) groups is 1. The zero-order chi connectivity index (χ0) is 17.1. The van der Waals surface area contributed by atoms with Crippen LogP contribution in [0.25, 0.3) is 5.69 Å². The van der Waals surface area contributed by atoms with E-state index >= 15 is 0 Å². The lowest BCUT2D eigenvalue weighted by molar-refractivity contribution is 0.0599. The molecule has 0 aliphatic carbocycles. The quantitative estimate of drug-likeness (QED) is 0.520. The third-order valence-electron chi connectivity index (χ3n) is 3.50. The summed E-state index contributed by atoms with van der Waals surface area (Å²) in [4.78, 5) is 11.6. The number of carbonyl (C=O) groups excluding carboxylic acids is 1. The van der Waals surface area contributed by atoms with Crippen LogP contribution in [0.5, 0.6) is 0 Å². The topological polar surface area (TPSA) is 83.0 Å². The van der Waals surface area contributed by atoms with Crippen LogP contribution in [-0.2, 0) is 10.5 Å². The summed E-state index contributed by atoms with van der Waals surface area (Å²) in [6.45, 7) is 3.74. The second-order valence-electron chi connectivity index (χ2n) is 5.12. The second kappa shape index (κ2) is 6.88. The van der Waals surface area contributed by atoms with Crippen LogP contribution in [0.15, 0.2) is 39.9 Å². The van der Waals surface area contributed by atoms with Gasteiger partial charge in [0.15, 0.2) is 0 Å². The SMILES string of the molecule is COC(=O)c1cc(CSc2nnnn2-c2ccccc2C)oc1C.